The summed E-state index contributed by atoms with van der Waals surface area (Å²) < 4.78 is 18.7. The van der Waals surface area contributed by atoms with Crippen LogP contribution < -0.4 is 20.7 Å². The van der Waals surface area contributed by atoms with Gasteiger partial charge in [-0.2, -0.15) is 0 Å². The van der Waals surface area contributed by atoms with Crippen molar-refractivity contribution in [2.75, 3.05) is 50.0 Å². The van der Waals surface area contributed by atoms with Crippen LogP contribution in [-0.4, -0.2) is 75.8 Å². The predicted octanol–water partition coefficient (Wildman–Crippen LogP) is 8.79. The van der Waals surface area contributed by atoms with Crippen LogP contribution in [0, 0.1) is 11.8 Å². The Hall–Kier alpha value is -4.68. The average Bonchev–Trinajstić information content (AvgIpc) is 3.74. The molecule has 10 nitrogen and oxygen atoms in total. The number of benzene rings is 4. The largest absolute Gasteiger partial charge is 0.506 e. The number of fused-ring (bicyclic) bond motifs is 2. The molecule has 0 spiro atoms. The molecule has 4 aromatic carbocycles. The molecule has 4 atom stereocenters. The highest BCUT2D eigenvalue weighted by Gasteiger charge is 2.43. The van der Waals surface area contributed by atoms with Crippen molar-refractivity contribution in [2.24, 2.45) is 11.8 Å². The minimum atomic E-state index is -2.18. The summed E-state index contributed by atoms with van der Waals surface area (Å²) >= 11 is 0. The molecular weight excluding hydrogens is 733 g/mol. The second kappa shape index (κ2) is 17.4. The summed E-state index contributed by atoms with van der Waals surface area (Å²) in [5.74, 6) is 1.30. The molecule has 1 saturated carbocycles. The number of carbonyl (C=O) groups is 2. The number of ether oxygens (including phenoxy) is 2. The number of hydrogen-bond acceptors (Lipinski definition) is 8. The monoisotopic (exact) mass is 790 g/mol. The number of phenols is 1. The zero-order valence-corrected chi connectivity index (χ0v) is 35.0. The quantitative estimate of drug-likeness (QED) is 0.0569. The van der Waals surface area contributed by atoms with Gasteiger partial charge in [0, 0.05) is 37.3 Å². The van der Waals surface area contributed by atoms with Crippen LogP contribution in [0.5, 0.6) is 11.5 Å². The smallest absolute Gasteiger partial charge is 0.411 e. The van der Waals surface area contributed by atoms with Crippen LogP contribution in [0.2, 0.25) is 18.1 Å². The standard InChI is InChI=1S/C46H58N4O6Si/c1-46(2,3)57(4,5)56-41(38-19-20-40(51)43-44(38)54-30-42(52)49-43)27-47-23-21-31-15-17-32(18-16-31)22-24-50-28-34-25-36(26-35(34)29-50)55-45(53)48-39-14-10-9-13-37(39)33-11-7-6-8-12-33/h6-20,34-36,41,47,51H,21-30H2,1-5H3,(H,48,53)(H,49,52)/t34-,35+,36-,41-/m0/s1. The maximum atomic E-state index is 12.9. The first-order chi connectivity index (χ1) is 27.3. The van der Waals surface area contributed by atoms with Gasteiger partial charge in [-0.1, -0.05) is 93.6 Å². The summed E-state index contributed by atoms with van der Waals surface area (Å²) in [5.41, 5.74) is 6.54. The number of para-hydroxylation sites is 1. The number of amides is 2. The molecule has 7 rings (SSSR count). The Morgan fingerprint density at radius 2 is 1.60 bits per heavy atom. The second-order valence-corrected chi connectivity index (χ2v) is 22.2. The lowest BCUT2D eigenvalue weighted by atomic mass is 10.0. The van der Waals surface area contributed by atoms with E-state index in [0.717, 1.165) is 74.2 Å². The van der Waals surface area contributed by atoms with Crippen molar-refractivity contribution in [3.8, 4) is 22.6 Å². The van der Waals surface area contributed by atoms with Crippen LogP contribution in [0.4, 0.5) is 16.2 Å². The topological polar surface area (TPSA) is 121 Å². The first kappa shape index (κ1) is 40.5. The summed E-state index contributed by atoms with van der Waals surface area (Å²) in [7, 11) is -2.18. The van der Waals surface area contributed by atoms with Gasteiger partial charge < -0.3 is 34.5 Å². The Morgan fingerprint density at radius 1 is 0.930 bits per heavy atom. The third kappa shape index (κ3) is 9.89. The molecule has 0 unspecified atom stereocenters. The molecule has 1 saturated heterocycles. The van der Waals surface area contributed by atoms with Crippen molar-refractivity contribution in [3.05, 3.63) is 108 Å². The van der Waals surface area contributed by atoms with Crippen LogP contribution in [0.15, 0.2) is 91.0 Å². The van der Waals surface area contributed by atoms with Crippen molar-refractivity contribution in [3.63, 3.8) is 0 Å². The van der Waals surface area contributed by atoms with Crippen molar-refractivity contribution in [1.82, 2.24) is 10.2 Å². The van der Waals surface area contributed by atoms with E-state index in [1.165, 1.54) is 11.1 Å². The van der Waals surface area contributed by atoms with E-state index < -0.39 is 8.32 Å². The molecule has 4 N–H and O–H groups in total. The van der Waals surface area contributed by atoms with Gasteiger partial charge in [0.15, 0.2) is 20.7 Å². The lowest BCUT2D eigenvalue weighted by Gasteiger charge is -2.40. The predicted molar refractivity (Wildman–Crippen MR) is 228 cm³/mol. The number of phenolic OH excluding ortho intramolecular Hbond substituents is 1. The average molecular weight is 791 g/mol. The Morgan fingerprint density at radius 3 is 2.30 bits per heavy atom. The van der Waals surface area contributed by atoms with Crippen LogP contribution >= 0.6 is 0 Å². The summed E-state index contributed by atoms with van der Waals surface area (Å²) in [4.78, 5) is 27.5. The van der Waals surface area contributed by atoms with Gasteiger partial charge in [0.25, 0.3) is 5.91 Å². The third-order valence-electron chi connectivity index (χ3n) is 12.3. The Labute approximate surface area is 338 Å². The zero-order chi connectivity index (χ0) is 40.2. The molecule has 57 heavy (non-hydrogen) atoms. The van der Waals surface area contributed by atoms with Gasteiger partial charge in [-0.15, -0.1) is 0 Å². The number of anilines is 2. The van der Waals surface area contributed by atoms with E-state index in [4.69, 9.17) is 13.9 Å². The Kier molecular flexibility index (Phi) is 12.4. The fraction of sp³-hybridized carbons (Fsp3) is 0.435. The lowest BCUT2D eigenvalue weighted by Crippen LogP contribution is -2.44. The van der Waals surface area contributed by atoms with E-state index in [9.17, 15) is 14.7 Å². The fourth-order valence-electron chi connectivity index (χ4n) is 8.18. The number of likely N-dealkylation sites (tertiary alicyclic amines) is 1. The van der Waals surface area contributed by atoms with Crippen LogP contribution in [0.3, 0.4) is 0 Å². The minimum absolute atomic E-state index is 0.00167. The second-order valence-electron chi connectivity index (χ2n) is 17.4. The van der Waals surface area contributed by atoms with Gasteiger partial charge in [0.2, 0.25) is 0 Å². The number of nitrogens with zero attached hydrogens (tertiary/aromatic N) is 1. The van der Waals surface area contributed by atoms with E-state index >= 15 is 0 Å². The van der Waals surface area contributed by atoms with E-state index in [0.29, 0.717) is 29.8 Å². The summed E-state index contributed by atoms with van der Waals surface area (Å²) in [6.07, 6.45) is 3.00. The highest BCUT2D eigenvalue weighted by atomic mass is 28.4. The first-order valence-corrected chi connectivity index (χ1v) is 23.3. The molecule has 0 radical (unpaired) electrons. The first-order valence-electron chi connectivity index (χ1n) is 20.4. The number of rotatable bonds is 14. The minimum Gasteiger partial charge on any atom is -0.506 e. The van der Waals surface area contributed by atoms with E-state index in [1.54, 1.807) is 6.07 Å². The Balaban J connectivity index is 0.849. The van der Waals surface area contributed by atoms with Gasteiger partial charge in [-0.25, -0.2) is 4.79 Å². The SMILES string of the molecule is CC(C)(C)[Si](C)(C)O[C@@H](CNCCc1ccc(CCN2C[C@H]3C[C@@H](OC(=O)Nc4ccccc4-c4ccccc4)C[C@H]3C2)cc1)c1ccc(O)c2c1OCC(=O)N2. The van der Waals surface area contributed by atoms with Gasteiger partial charge in [-0.05, 0) is 97.1 Å². The summed E-state index contributed by atoms with van der Waals surface area (Å²) in [6.45, 7) is 15.5. The van der Waals surface area contributed by atoms with Crippen LogP contribution in [-0.2, 0) is 26.8 Å². The molecule has 0 bridgehead atoms. The highest BCUT2D eigenvalue weighted by molar-refractivity contribution is 6.74. The fourth-order valence-corrected chi connectivity index (χ4v) is 9.45. The number of hydrogen-bond donors (Lipinski definition) is 4. The zero-order valence-electron chi connectivity index (χ0n) is 34.0. The van der Waals surface area contributed by atoms with Crippen molar-refractivity contribution >= 4 is 31.7 Å². The highest BCUT2D eigenvalue weighted by Crippen LogP contribution is 2.46. The van der Waals surface area contributed by atoms with Crippen LogP contribution in [0.1, 0.15) is 56.4 Å². The van der Waals surface area contributed by atoms with Gasteiger partial charge >= 0.3 is 6.09 Å². The molecule has 302 valence electrons. The van der Waals surface area contributed by atoms with Crippen molar-refractivity contribution < 1.29 is 28.6 Å². The summed E-state index contributed by atoms with van der Waals surface area (Å²) in [6, 6.07) is 30.3. The maximum absolute atomic E-state index is 12.9. The van der Waals surface area contributed by atoms with Crippen molar-refractivity contribution in [2.45, 2.75) is 76.8 Å². The Bertz CT molecular complexity index is 2000. The molecule has 1 aliphatic carbocycles. The van der Waals surface area contributed by atoms with E-state index in [1.807, 2.05) is 60.7 Å². The number of carbonyl (C=O) groups excluding carboxylic acids is 2. The van der Waals surface area contributed by atoms with Crippen molar-refractivity contribution in [1.29, 1.82) is 0 Å². The summed E-state index contributed by atoms with van der Waals surface area (Å²) in [5, 5.41) is 19.8. The molecule has 0 aromatic heterocycles. The molecule has 2 heterocycles. The van der Waals surface area contributed by atoms with E-state index in [2.05, 4.69) is 79.0 Å². The van der Waals surface area contributed by atoms with E-state index in [-0.39, 0.29) is 41.6 Å². The molecule has 3 aliphatic rings. The maximum Gasteiger partial charge on any atom is 0.411 e. The third-order valence-corrected chi connectivity index (χ3v) is 16.8. The molecule has 2 aliphatic heterocycles. The molecule has 2 amide bonds. The number of nitrogens with one attached hydrogen (secondary N) is 3. The number of aromatic hydroxyl groups is 1. The van der Waals surface area contributed by atoms with Gasteiger partial charge in [-0.3, -0.25) is 10.1 Å². The van der Waals surface area contributed by atoms with Gasteiger partial charge in [0.05, 0.1) is 11.8 Å². The van der Waals surface area contributed by atoms with Crippen LogP contribution in [0.25, 0.3) is 11.1 Å². The lowest BCUT2D eigenvalue weighted by molar-refractivity contribution is -0.118. The van der Waals surface area contributed by atoms with Gasteiger partial charge in [0.1, 0.15) is 17.5 Å². The molecular formula is C46H58N4O6Si. The molecule has 11 heteroatoms. The molecule has 2 fully saturated rings. The normalized spacial score (nSPS) is 19.9. The molecule has 4 aromatic rings.